The van der Waals surface area contributed by atoms with E-state index in [-0.39, 0.29) is 6.03 Å². The predicted octanol–water partition coefficient (Wildman–Crippen LogP) is 2.19. The van der Waals surface area contributed by atoms with Gasteiger partial charge in [-0.1, -0.05) is 30.3 Å². The van der Waals surface area contributed by atoms with Crippen LogP contribution >= 0.6 is 11.8 Å². The average Bonchev–Trinajstić information content (AvgIpc) is 3.01. The maximum absolute atomic E-state index is 12.1. The number of benzene rings is 1. The first kappa shape index (κ1) is 15.0. The first-order valence-electron chi connectivity index (χ1n) is 7.47. The molecule has 0 spiro atoms. The zero-order valence-electron chi connectivity index (χ0n) is 12.4. The molecule has 5 nitrogen and oxygen atoms in total. The van der Waals surface area contributed by atoms with Gasteiger partial charge in [0, 0.05) is 43.5 Å². The van der Waals surface area contributed by atoms with Gasteiger partial charge in [-0.25, -0.2) is 9.78 Å². The fourth-order valence-electron chi connectivity index (χ4n) is 2.46. The third-order valence-electron chi connectivity index (χ3n) is 3.69. The molecule has 1 N–H and O–H groups in total. The van der Waals surface area contributed by atoms with Crippen molar-refractivity contribution in [2.45, 2.75) is 13.1 Å². The van der Waals surface area contributed by atoms with E-state index in [0.29, 0.717) is 6.54 Å². The fourth-order valence-corrected chi connectivity index (χ4v) is 3.37. The number of hydrogen-bond donors (Lipinski definition) is 1. The zero-order chi connectivity index (χ0) is 15.2. The van der Waals surface area contributed by atoms with Gasteiger partial charge < -0.3 is 14.8 Å². The summed E-state index contributed by atoms with van der Waals surface area (Å²) < 4.78 is 2.07. The largest absolute Gasteiger partial charge is 0.331 e. The molecule has 22 heavy (non-hydrogen) atoms. The lowest BCUT2D eigenvalue weighted by Crippen LogP contribution is -2.44. The van der Waals surface area contributed by atoms with Crippen LogP contribution in [-0.4, -0.2) is 45.1 Å². The second kappa shape index (κ2) is 7.35. The topological polar surface area (TPSA) is 50.2 Å². The van der Waals surface area contributed by atoms with Crippen LogP contribution in [0.15, 0.2) is 42.7 Å². The highest BCUT2D eigenvalue weighted by molar-refractivity contribution is 7.99. The number of urea groups is 1. The van der Waals surface area contributed by atoms with Crippen LogP contribution in [0.1, 0.15) is 11.4 Å². The van der Waals surface area contributed by atoms with Crippen molar-refractivity contribution in [1.82, 2.24) is 19.8 Å². The molecule has 0 saturated carbocycles. The summed E-state index contributed by atoms with van der Waals surface area (Å²) in [5, 5.41) is 2.98. The second-order valence-corrected chi connectivity index (χ2v) is 6.44. The second-order valence-electron chi connectivity index (χ2n) is 5.22. The van der Waals surface area contributed by atoms with Gasteiger partial charge >= 0.3 is 6.03 Å². The van der Waals surface area contributed by atoms with E-state index in [4.69, 9.17) is 0 Å². The highest BCUT2D eigenvalue weighted by Crippen LogP contribution is 2.09. The maximum Gasteiger partial charge on any atom is 0.317 e. The van der Waals surface area contributed by atoms with Crippen LogP contribution in [-0.2, 0) is 13.1 Å². The van der Waals surface area contributed by atoms with E-state index >= 15 is 0 Å². The minimum absolute atomic E-state index is 0.00885. The number of hydrogen-bond acceptors (Lipinski definition) is 3. The van der Waals surface area contributed by atoms with Crippen molar-refractivity contribution in [3.8, 4) is 0 Å². The molecule has 1 aromatic heterocycles. The summed E-state index contributed by atoms with van der Waals surface area (Å²) in [7, 11) is 0. The Kier molecular flexibility index (Phi) is 5.00. The molecule has 2 amide bonds. The van der Waals surface area contributed by atoms with Crippen molar-refractivity contribution in [1.29, 1.82) is 0 Å². The Morgan fingerprint density at radius 1 is 1.23 bits per heavy atom. The first-order valence-corrected chi connectivity index (χ1v) is 8.63. The van der Waals surface area contributed by atoms with Gasteiger partial charge in [0.25, 0.3) is 0 Å². The van der Waals surface area contributed by atoms with Crippen LogP contribution in [0.3, 0.4) is 0 Å². The van der Waals surface area contributed by atoms with Gasteiger partial charge in [0.15, 0.2) is 0 Å². The summed E-state index contributed by atoms with van der Waals surface area (Å²) in [4.78, 5) is 18.4. The van der Waals surface area contributed by atoms with E-state index in [2.05, 4.69) is 27.0 Å². The lowest BCUT2D eigenvalue weighted by atomic mass is 10.2. The molecule has 0 atom stereocenters. The van der Waals surface area contributed by atoms with Crippen LogP contribution in [0.4, 0.5) is 4.79 Å². The highest BCUT2D eigenvalue weighted by atomic mass is 32.2. The SMILES string of the molecule is O=C(NCc1nccn1Cc1ccccc1)N1CCSCC1. The number of carbonyl (C=O) groups excluding carboxylic acids is 1. The minimum Gasteiger partial charge on any atom is -0.331 e. The van der Waals surface area contributed by atoms with Crippen LogP contribution in [0.2, 0.25) is 0 Å². The number of rotatable bonds is 4. The van der Waals surface area contributed by atoms with Crippen molar-refractivity contribution in [2.24, 2.45) is 0 Å². The van der Waals surface area contributed by atoms with Gasteiger partial charge in [-0.05, 0) is 5.56 Å². The van der Waals surface area contributed by atoms with E-state index < -0.39 is 0 Å². The minimum atomic E-state index is 0.00885. The third-order valence-corrected chi connectivity index (χ3v) is 4.64. The fraction of sp³-hybridized carbons (Fsp3) is 0.375. The monoisotopic (exact) mass is 316 g/mol. The van der Waals surface area contributed by atoms with Gasteiger partial charge in [0.05, 0.1) is 6.54 Å². The Balaban J connectivity index is 1.57. The van der Waals surface area contributed by atoms with Gasteiger partial charge in [-0.2, -0.15) is 11.8 Å². The molecule has 1 fully saturated rings. The Hall–Kier alpha value is -1.95. The number of aromatic nitrogens is 2. The number of amides is 2. The van der Waals surface area contributed by atoms with E-state index in [1.807, 2.05) is 41.1 Å². The molecule has 3 rings (SSSR count). The van der Waals surface area contributed by atoms with E-state index in [9.17, 15) is 4.79 Å². The normalized spacial score (nSPS) is 14.8. The van der Waals surface area contributed by atoms with Crippen molar-refractivity contribution in [3.05, 3.63) is 54.1 Å². The molecule has 6 heteroatoms. The van der Waals surface area contributed by atoms with Gasteiger partial charge in [0.1, 0.15) is 5.82 Å². The molecule has 0 aliphatic carbocycles. The first-order chi connectivity index (χ1) is 10.8. The van der Waals surface area contributed by atoms with Crippen molar-refractivity contribution in [3.63, 3.8) is 0 Å². The van der Waals surface area contributed by atoms with Crippen LogP contribution < -0.4 is 5.32 Å². The third kappa shape index (κ3) is 3.82. The van der Waals surface area contributed by atoms with Crippen LogP contribution in [0.5, 0.6) is 0 Å². The molecule has 1 saturated heterocycles. The molecule has 1 aliphatic heterocycles. The summed E-state index contributed by atoms with van der Waals surface area (Å²) in [6.07, 6.45) is 3.73. The maximum atomic E-state index is 12.1. The molecular weight excluding hydrogens is 296 g/mol. The summed E-state index contributed by atoms with van der Waals surface area (Å²) in [6, 6.07) is 10.3. The van der Waals surface area contributed by atoms with Crippen molar-refractivity contribution in [2.75, 3.05) is 24.6 Å². The Morgan fingerprint density at radius 2 is 2.00 bits per heavy atom. The van der Waals surface area contributed by atoms with Gasteiger partial charge in [-0.3, -0.25) is 0 Å². The zero-order valence-corrected chi connectivity index (χ0v) is 13.3. The standard InChI is InChI=1S/C16H20N4OS/c21-16(19-8-10-22-11-9-19)18-12-15-17-6-7-20(15)13-14-4-2-1-3-5-14/h1-7H,8-13H2,(H,18,21). The Morgan fingerprint density at radius 3 is 2.77 bits per heavy atom. The van der Waals surface area contributed by atoms with Crippen molar-refractivity contribution < 1.29 is 4.79 Å². The van der Waals surface area contributed by atoms with Gasteiger partial charge in [0.2, 0.25) is 0 Å². The molecule has 1 aliphatic rings. The lowest BCUT2D eigenvalue weighted by Gasteiger charge is -2.26. The Labute approximate surface area is 134 Å². The molecule has 1 aromatic carbocycles. The molecule has 2 heterocycles. The number of carbonyl (C=O) groups is 1. The molecule has 116 valence electrons. The molecule has 0 bridgehead atoms. The highest BCUT2D eigenvalue weighted by Gasteiger charge is 2.16. The smallest absolute Gasteiger partial charge is 0.317 e. The van der Waals surface area contributed by atoms with E-state index in [0.717, 1.165) is 37.0 Å². The molecule has 2 aromatic rings. The number of thioether (sulfide) groups is 1. The van der Waals surface area contributed by atoms with Crippen molar-refractivity contribution >= 4 is 17.8 Å². The predicted molar refractivity (Wildman–Crippen MR) is 88.9 cm³/mol. The summed E-state index contributed by atoms with van der Waals surface area (Å²) >= 11 is 1.90. The van der Waals surface area contributed by atoms with E-state index in [1.54, 1.807) is 6.20 Å². The van der Waals surface area contributed by atoms with Gasteiger partial charge in [-0.15, -0.1) is 0 Å². The average molecular weight is 316 g/mol. The van der Waals surface area contributed by atoms with Crippen LogP contribution in [0.25, 0.3) is 0 Å². The number of nitrogens with zero attached hydrogens (tertiary/aromatic N) is 3. The summed E-state index contributed by atoms with van der Waals surface area (Å²) in [5.74, 6) is 2.93. The Bertz CT molecular complexity index is 608. The van der Waals surface area contributed by atoms with E-state index in [1.165, 1.54) is 5.56 Å². The molecule has 0 unspecified atom stereocenters. The molecule has 0 radical (unpaired) electrons. The quantitative estimate of drug-likeness (QED) is 0.941. The number of nitrogens with one attached hydrogen (secondary N) is 1. The summed E-state index contributed by atoms with van der Waals surface area (Å²) in [6.45, 7) is 2.89. The number of imidazole rings is 1. The van der Waals surface area contributed by atoms with Crippen LogP contribution in [0, 0.1) is 0 Å². The molecular formula is C16H20N4OS. The summed E-state index contributed by atoms with van der Waals surface area (Å²) in [5.41, 5.74) is 1.22. The lowest BCUT2D eigenvalue weighted by molar-refractivity contribution is 0.202.